The quantitative estimate of drug-likeness (QED) is 0.682. The molecule has 1 aromatic rings. The number of hydrogen-bond donors (Lipinski definition) is 2. The molecule has 1 heterocycles. The van der Waals surface area contributed by atoms with Crippen LogP contribution in [-0.2, 0) is 16.4 Å². The molecule has 0 fully saturated rings. The Morgan fingerprint density at radius 1 is 1.42 bits per heavy atom. The molecule has 4 nitrogen and oxygen atoms in total. The maximum Gasteiger partial charge on any atom is 0.250 e. The monoisotopic (exact) mass is 322 g/mol. The van der Waals surface area contributed by atoms with Crippen LogP contribution >= 0.6 is 23.1 Å². The van der Waals surface area contributed by atoms with Gasteiger partial charge in [0, 0.05) is 16.7 Å². The van der Waals surface area contributed by atoms with Crippen molar-refractivity contribution < 1.29 is 8.42 Å². The van der Waals surface area contributed by atoms with Crippen LogP contribution in [0.5, 0.6) is 0 Å². The van der Waals surface area contributed by atoms with Crippen LogP contribution in [0.2, 0.25) is 0 Å². The van der Waals surface area contributed by atoms with Gasteiger partial charge in [-0.25, -0.2) is 13.1 Å². The van der Waals surface area contributed by atoms with Gasteiger partial charge in [0.15, 0.2) is 0 Å². The maximum atomic E-state index is 12.1. The summed E-state index contributed by atoms with van der Waals surface area (Å²) in [6.07, 6.45) is 2.84. The topological polar surface area (TPSA) is 58.2 Å². The molecule has 1 rings (SSSR count). The summed E-state index contributed by atoms with van der Waals surface area (Å²) in [5.74, 6) is 0.776. The molecule has 0 aromatic carbocycles. The van der Waals surface area contributed by atoms with Crippen LogP contribution in [0.4, 0.5) is 0 Å². The average Bonchev–Trinajstić information content (AvgIpc) is 2.78. The highest BCUT2D eigenvalue weighted by atomic mass is 32.2. The van der Waals surface area contributed by atoms with Crippen molar-refractivity contribution in [2.75, 3.05) is 25.1 Å². The molecule has 0 radical (unpaired) electrons. The Balaban J connectivity index is 2.63. The second-order valence-corrected chi connectivity index (χ2v) is 8.32. The first-order valence-electron chi connectivity index (χ1n) is 6.30. The summed E-state index contributed by atoms with van der Waals surface area (Å²) in [5.41, 5.74) is 0. The SMILES string of the molecule is CCNCCc1ccc(S(=O)(=O)NC(C)CSC)s1. The summed E-state index contributed by atoms with van der Waals surface area (Å²) in [6.45, 7) is 5.76. The van der Waals surface area contributed by atoms with Crippen LogP contribution in [0.1, 0.15) is 18.7 Å². The molecular weight excluding hydrogens is 300 g/mol. The lowest BCUT2D eigenvalue weighted by Crippen LogP contribution is -2.33. The van der Waals surface area contributed by atoms with Crippen LogP contribution in [0, 0.1) is 0 Å². The zero-order valence-corrected chi connectivity index (χ0v) is 14.1. The zero-order valence-electron chi connectivity index (χ0n) is 11.6. The van der Waals surface area contributed by atoms with E-state index in [1.54, 1.807) is 17.8 Å². The van der Waals surface area contributed by atoms with Gasteiger partial charge < -0.3 is 5.32 Å². The van der Waals surface area contributed by atoms with E-state index in [-0.39, 0.29) is 6.04 Å². The Morgan fingerprint density at radius 2 is 2.16 bits per heavy atom. The molecule has 2 N–H and O–H groups in total. The minimum atomic E-state index is -3.36. The number of sulfonamides is 1. The third kappa shape index (κ3) is 5.83. The third-order valence-electron chi connectivity index (χ3n) is 2.47. The Labute approximate surface area is 124 Å². The van der Waals surface area contributed by atoms with Crippen molar-refractivity contribution in [3.05, 3.63) is 17.0 Å². The highest BCUT2D eigenvalue weighted by Crippen LogP contribution is 2.22. The lowest BCUT2D eigenvalue weighted by Gasteiger charge is -2.11. The normalized spacial score (nSPS) is 13.6. The zero-order chi connectivity index (χ0) is 14.3. The molecular formula is C12H22N2O2S3. The molecule has 0 saturated carbocycles. The molecule has 0 amide bonds. The van der Waals surface area contributed by atoms with Crippen LogP contribution in [0.25, 0.3) is 0 Å². The van der Waals surface area contributed by atoms with Crippen LogP contribution in [0.15, 0.2) is 16.3 Å². The van der Waals surface area contributed by atoms with Gasteiger partial charge in [-0.2, -0.15) is 11.8 Å². The van der Waals surface area contributed by atoms with Gasteiger partial charge in [0.05, 0.1) is 0 Å². The van der Waals surface area contributed by atoms with Crippen molar-refractivity contribution in [3.8, 4) is 0 Å². The van der Waals surface area contributed by atoms with Crippen LogP contribution in [-0.4, -0.2) is 39.6 Å². The molecule has 1 atom stereocenters. The first-order chi connectivity index (χ1) is 8.99. The lowest BCUT2D eigenvalue weighted by atomic mass is 10.3. The second kappa shape index (κ2) is 8.26. The fraction of sp³-hybridized carbons (Fsp3) is 0.667. The van der Waals surface area contributed by atoms with Gasteiger partial charge in [0.2, 0.25) is 10.0 Å². The average molecular weight is 323 g/mol. The van der Waals surface area contributed by atoms with Crippen molar-refractivity contribution in [1.82, 2.24) is 10.0 Å². The first kappa shape index (κ1) is 17.0. The summed E-state index contributed by atoms with van der Waals surface area (Å²) in [4.78, 5) is 1.10. The molecule has 0 spiro atoms. The molecule has 110 valence electrons. The van der Waals surface area contributed by atoms with E-state index in [1.165, 1.54) is 11.3 Å². The minimum Gasteiger partial charge on any atom is -0.317 e. The Morgan fingerprint density at radius 3 is 2.79 bits per heavy atom. The smallest absolute Gasteiger partial charge is 0.250 e. The van der Waals surface area contributed by atoms with Crippen molar-refractivity contribution >= 4 is 33.1 Å². The minimum absolute atomic E-state index is 0.0488. The number of hydrogen-bond acceptors (Lipinski definition) is 5. The van der Waals surface area contributed by atoms with Crippen LogP contribution in [0.3, 0.4) is 0 Å². The second-order valence-electron chi connectivity index (χ2n) is 4.30. The highest BCUT2D eigenvalue weighted by Gasteiger charge is 2.19. The van der Waals surface area contributed by atoms with Gasteiger partial charge in [-0.05, 0) is 44.8 Å². The van der Waals surface area contributed by atoms with Gasteiger partial charge in [0.25, 0.3) is 0 Å². The number of thioether (sulfide) groups is 1. The summed E-state index contributed by atoms with van der Waals surface area (Å²) in [6, 6.07) is 3.54. The van der Waals surface area contributed by atoms with Crippen molar-refractivity contribution in [2.24, 2.45) is 0 Å². The van der Waals surface area contributed by atoms with E-state index in [0.29, 0.717) is 4.21 Å². The maximum absolute atomic E-state index is 12.1. The van der Waals surface area contributed by atoms with E-state index in [4.69, 9.17) is 0 Å². The Bertz CT molecular complexity index is 471. The number of nitrogens with one attached hydrogen (secondary N) is 2. The summed E-state index contributed by atoms with van der Waals surface area (Å²) in [5, 5.41) is 3.23. The Hall–Kier alpha value is -0.0800. The molecule has 1 unspecified atom stereocenters. The highest BCUT2D eigenvalue weighted by molar-refractivity contribution is 7.98. The largest absolute Gasteiger partial charge is 0.317 e. The van der Waals surface area contributed by atoms with Gasteiger partial charge >= 0.3 is 0 Å². The van der Waals surface area contributed by atoms with E-state index in [0.717, 1.165) is 30.1 Å². The van der Waals surface area contributed by atoms with Gasteiger partial charge in [-0.1, -0.05) is 6.92 Å². The fourth-order valence-corrected chi connectivity index (χ4v) is 4.94. The lowest BCUT2D eigenvalue weighted by molar-refractivity contribution is 0.573. The molecule has 0 aliphatic rings. The van der Waals surface area contributed by atoms with E-state index in [9.17, 15) is 8.42 Å². The van der Waals surface area contributed by atoms with Crippen molar-refractivity contribution in [1.29, 1.82) is 0 Å². The summed E-state index contributed by atoms with van der Waals surface area (Å²) < 4.78 is 27.4. The van der Waals surface area contributed by atoms with E-state index in [1.807, 2.05) is 19.2 Å². The van der Waals surface area contributed by atoms with E-state index in [2.05, 4.69) is 17.0 Å². The predicted octanol–water partition coefficient (Wildman–Crippen LogP) is 1.93. The standard InChI is InChI=1S/C12H22N2O2S3/c1-4-13-8-7-11-5-6-12(18-11)19(15,16)14-10(2)9-17-3/h5-6,10,13-14H,4,7-9H2,1-3H3. The van der Waals surface area contributed by atoms with Crippen molar-refractivity contribution in [2.45, 2.75) is 30.5 Å². The van der Waals surface area contributed by atoms with Crippen LogP contribution < -0.4 is 10.0 Å². The molecule has 0 aliphatic carbocycles. The van der Waals surface area contributed by atoms with E-state index >= 15 is 0 Å². The molecule has 1 aromatic heterocycles. The third-order valence-corrected chi connectivity index (χ3v) is 6.53. The van der Waals surface area contributed by atoms with E-state index < -0.39 is 10.0 Å². The van der Waals surface area contributed by atoms with Gasteiger partial charge in [-0.3, -0.25) is 0 Å². The molecule has 7 heteroatoms. The van der Waals surface area contributed by atoms with Crippen molar-refractivity contribution in [3.63, 3.8) is 0 Å². The molecule has 0 bridgehead atoms. The number of likely N-dealkylation sites (N-methyl/N-ethyl adjacent to an activating group) is 1. The summed E-state index contributed by atoms with van der Waals surface area (Å²) >= 11 is 2.99. The Kier molecular flexibility index (Phi) is 7.38. The first-order valence-corrected chi connectivity index (χ1v) is 9.99. The fourth-order valence-electron chi connectivity index (χ4n) is 1.63. The molecule has 0 aliphatic heterocycles. The number of rotatable bonds is 9. The number of thiophene rings is 1. The summed E-state index contributed by atoms with van der Waals surface area (Å²) in [7, 11) is -3.36. The molecule has 0 saturated heterocycles. The molecule has 19 heavy (non-hydrogen) atoms. The van der Waals surface area contributed by atoms with Gasteiger partial charge in [-0.15, -0.1) is 11.3 Å². The van der Waals surface area contributed by atoms with Gasteiger partial charge in [0.1, 0.15) is 4.21 Å². The predicted molar refractivity (Wildman–Crippen MR) is 84.7 cm³/mol.